The minimum Gasteiger partial charge on any atom is -0.390 e. The molecule has 0 aromatic carbocycles. The molecule has 2 aromatic heterocycles. The second-order valence-corrected chi connectivity index (χ2v) is 6.57. The van der Waals surface area contributed by atoms with E-state index in [0.29, 0.717) is 12.8 Å². The van der Waals surface area contributed by atoms with Crippen molar-refractivity contribution in [3.63, 3.8) is 0 Å². The van der Waals surface area contributed by atoms with Crippen LogP contribution in [0.15, 0.2) is 11.1 Å². The molecule has 0 amide bonds. The van der Waals surface area contributed by atoms with E-state index < -0.39 is 38.4 Å². The van der Waals surface area contributed by atoms with Gasteiger partial charge in [-0.2, -0.15) is 4.98 Å². The number of nitrogen functional groups attached to an aromatic ring is 1. The first kappa shape index (κ1) is 17.0. The minimum atomic E-state index is -4.68. The molecule has 132 valence electrons. The highest BCUT2D eigenvalue weighted by Crippen LogP contribution is 2.37. The number of H-pyrrole nitrogens is 1. The molecule has 0 radical (unpaired) electrons. The molecule has 3 rings (SSSR count). The number of aromatic amines is 1. The van der Waals surface area contributed by atoms with E-state index in [1.165, 1.54) is 10.9 Å². The SMILES string of the molecule is Nc1nc2c(ncn2[C@H]2CC[C@H](O)[C@@H](COP(=O)(O)O)O2)c(=O)[nH]1. The van der Waals surface area contributed by atoms with Gasteiger partial charge in [0.15, 0.2) is 11.2 Å². The number of ether oxygens (including phenoxy) is 1. The lowest BCUT2D eigenvalue weighted by Crippen LogP contribution is -2.40. The van der Waals surface area contributed by atoms with Gasteiger partial charge in [-0.1, -0.05) is 0 Å². The van der Waals surface area contributed by atoms with E-state index in [9.17, 15) is 14.5 Å². The second kappa shape index (κ2) is 6.24. The van der Waals surface area contributed by atoms with Gasteiger partial charge in [0.1, 0.15) is 12.3 Å². The summed E-state index contributed by atoms with van der Waals surface area (Å²) < 4.78 is 22.3. The Labute approximate surface area is 134 Å². The number of phosphoric ester groups is 1. The number of nitrogens with two attached hydrogens (primary N) is 1. The van der Waals surface area contributed by atoms with Crippen LogP contribution in [0.3, 0.4) is 0 Å². The average molecular weight is 361 g/mol. The van der Waals surface area contributed by atoms with E-state index >= 15 is 0 Å². The van der Waals surface area contributed by atoms with Gasteiger partial charge in [0.05, 0.1) is 19.0 Å². The number of hydrogen-bond donors (Lipinski definition) is 5. The van der Waals surface area contributed by atoms with Crippen molar-refractivity contribution in [2.24, 2.45) is 0 Å². The van der Waals surface area contributed by atoms with Gasteiger partial charge in [0.2, 0.25) is 5.95 Å². The first-order chi connectivity index (χ1) is 11.2. The molecule has 1 aliphatic rings. The van der Waals surface area contributed by atoms with Crippen molar-refractivity contribution in [3.8, 4) is 0 Å². The molecule has 1 fully saturated rings. The Hall–Kier alpha value is -1.82. The van der Waals surface area contributed by atoms with Crippen LogP contribution in [0.1, 0.15) is 19.1 Å². The van der Waals surface area contributed by atoms with E-state index in [-0.39, 0.29) is 17.1 Å². The van der Waals surface area contributed by atoms with Crippen molar-refractivity contribution < 1.29 is 28.7 Å². The molecule has 13 heteroatoms. The van der Waals surface area contributed by atoms with Crippen molar-refractivity contribution in [2.45, 2.75) is 31.3 Å². The number of hydrogen-bond acceptors (Lipinski definition) is 8. The van der Waals surface area contributed by atoms with Crippen LogP contribution in [0.5, 0.6) is 0 Å². The molecule has 0 bridgehead atoms. The van der Waals surface area contributed by atoms with Crippen LogP contribution < -0.4 is 11.3 Å². The fourth-order valence-corrected chi connectivity index (χ4v) is 2.88. The Morgan fingerprint density at radius 3 is 2.96 bits per heavy atom. The lowest BCUT2D eigenvalue weighted by molar-refractivity contribution is -0.156. The monoisotopic (exact) mass is 361 g/mol. The zero-order chi connectivity index (χ0) is 17.5. The molecular weight excluding hydrogens is 345 g/mol. The van der Waals surface area contributed by atoms with Crippen LogP contribution in [0.25, 0.3) is 11.2 Å². The third-order valence-corrected chi connectivity index (χ3v) is 4.12. The van der Waals surface area contributed by atoms with E-state index in [4.69, 9.17) is 20.3 Å². The second-order valence-electron chi connectivity index (χ2n) is 5.34. The maximum Gasteiger partial charge on any atom is 0.469 e. The normalized spacial score (nSPS) is 25.2. The molecule has 2 aromatic rings. The summed E-state index contributed by atoms with van der Waals surface area (Å²) in [6, 6.07) is 0. The molecule has 1 saturated heterocycles. The molecule has 0 saturated carbocycles. The molecule has 3 heterocycles. The van der Waals surface area contributed by atoms with Crippen LogP contribution in [0, 0.1) is 0 Å². The summed E-state index contributed by atoms with van der Waals surface area (Å²) in [5.74, 6) is -0.0773. The van der Waals surface area contributed by atoms with Gasteiger partial charge in [0, 0.05) is 0 Å². The van der Waals surface area contributed by atoms with Crippen LogP contribution in [-0.2, 0) is 13.8 Å². The summed E-state index contributed by atoms with van der Waals surface area (Å²) >= 11 is 0. The number of aliphatic hydroxyl groups is 1. The van der Waals surface area contributed by atoms with Gasteiger partial charge < -0.3 is 25.4 Å². The fourth-order valence-electron chi connectivity index (χ4n) is 2.54. The van der Waals surface area contributed by atoms with Gasteiger partial charge in [-0.25, -0.2) is 9.55 Å². The molecule has 1 aliphatic heterocycles. The summed E-state index contributed by atoms with van der Waals surface area (Å²) in [5.41, 5.74) is 5.34. The molecule has 24 heavy (non-hydrogen) atoms. The Bertz CT molecular complexity index is 845. The number of anilines is 1. The minimum absolute atomic E-state index is 0.0773. The van der Waals surface area contributed by atoms with Gasteiger partial charge in [-0.15, -0.1) is 0 Å². The highest BCUT2D eigenvalue weighted by molar-refractivity contribution is 7.46. The number of aromatic nitrogens is 4. The van der Waals surface area contributed by atoms with Crippen molar-refractivity contribution in [3.05, 3.63) is 16.7 Å². The number of nitrogens with one attached hydrogen (secondary N) is 1. The molecule has 6 N–H and O–H groups in total. The number of fused-ring (bicyclic) bond motifs is 1. The van der Waals surface area contributed by atoms with Crippen LogP contribution in [0.2, 0.25) is 0 Å². The van der Waals surface area contributed by atoms with Crippen molar-refractivity contribution in [1.29, 1.82) is 0 Å². The highest BCUT2D eigenvalue weighted by atomic mass is 31.2. The third-order valence-electron chi connectivity index (χ3n) is 3.64. The summed E-state index contributed by atoms with van der Waals surface area (Å²) in [7, 11) is -4.68. The number of phosphoric acid groups is 1. The molecular formula is C11H16N5O7P. The van der Waals surface area contributed by atoms with Gasteiger partial charge in [-0.05, 0) is 12.8 Å². The van der Waals surface area contributed by atoms with Gasteiger partial charge >= 0.3 is 7.82 Å². The number of imidazole rings is 1. The van der Waals surface area contributed by atoms with E-state index in [0.717, 1.165) is 0 Å². The first-order valence-corrected chi connectivity index (χ1v) is 8.53. The Kier molecular flexibility index (Phi) is 4.42. The maximum atomic E-state index is 11.8. The van der Waals surface area contributed by atoms with Crippen molar-refractivity contribution in [2.75, 3.05) is 12.3 Å². The quantitative estimate of drug-likeness (QED) is 0.416. The molecule has 0 spiro atoms. The lowest BCUT2D eigenvalue weighted by Gasteiger charge is -2.34. The summed E-state index contributed by atoms with van der Waals surface area (Å²) in [6.07, 6.45) is -0.490. The zero-order valence-corrected chi connectivity index (χ0v) is 13.2. The number of nitrogens with zero attached hydrogens (tertiary/aromatic N) is 3. The standard InChI is InChI=1S/C11H16N5O7P/c12-11-14-9-8(10(18)15-11)13-4-16(9)7-2-1-5(17)6(23-7)3-22-24(19,20)21/h4-7,17H,1-3H2,(H2,19,20,21)(H3,12,14,15,18)/t5-,6+,7+/m0/s1. The van der Waals surface area contributed by atoms with Crippen molar-refractivity contribution in [1.82, 2.24) is 19.5 Å². The third kappa shape index (κ3) is 3.48. The Balaban J connectivity index is 1.85. The summed E-state index contributed by atoms with van der Waals surface area (Å²) in [4.78, 5) is 39.6. The lowest BCUT2D eigenvalue weighted by atomic mass is 10.0. The Morgan fingerprint density at radius 2 is 2.25 bits per heavy atom. The predicted molar refractivity (Wildman–Crippen MR) is 79.7 cm³/mol. The number of aliphatic hydroxyl groups excluding tert-OH is 1. The highest BCUT2D eigenvalue weighted by Gasteiger charge is 2.33. The molecule has 3 atom stereocenters. The van der Waals surface area contributed by atoms with Crippen molar-refractivity contribution >= 4 is 24.9 Å². The van der Waals surface area contributed by atoms with E-state index in [1.807, 2.05) is 0 Å². The van der Waals surface area contributed by atoms with Crippen LogP contribution in [-0.4, -0.2) is 53.2 Å². The largest absolute Gasteiger partial charge is 0.469 e. The summed E-state index contributed by atoms with van der Waals surface area (Å²) in [6.45, 7) is -0.481. The molecule has 0 unspecified atom stereocenters. The smallest absolute Gasteiger partial charge is 0.390 e. The average Bonchev–Trinajstić information content (AvgIpc) is 2.89. The van der Waals surface area contributed by atoms with E-state index in [1.54, 1.807) is 0 Å². The van der Waals surface area contributed by atoms with Gasteiger partial charge in [-0.3, -0.25) is 18.9 Å². The molecule has 12 nitrogen and oxygen atoms in total. The van der Waals surface area contributed by atoms with Crippen LogP contribution in [0.4, 0.5) is 5.95 Å². The van der Waals surface area contributed by atoms with Gasteiger partial charge in [0.25, 0.3) is 5.56 Å². The first-order valence-electron chi connectivity index (χ1n) is 7.00. The fraction of sp³-hybridized carbons (Fsp3) is 0.545. The number of rotatable bonds is 4. The molecule has 0 aliphatic carbocycles. The van der Waals surface area contributed by atoms with Crippen LogP contribution >= 0.6 is 7.82 Å². The maximum absolute atomic E-state index is 11.8. The summed E-state index contributed by atoms with van der Waals surface area (Å²) in [5, 5.41) is 9.91. The zero-order valence-electron chi connectivity index (χ0n) is 12.3. The topological polar surface area (TPSA) is 186 Å². The van der Waals surface area contributed by atoms with E-state index in [2.05, 4.69) is 19.5 Å². The predicted octanol–water partition coefficient (Wildman–Crippen LogP) is -1.15. The Morgan fingerprint density at radius 1 is 1.50 bits per heavy atom.